The zero-order valence-electron chi connectivity index (χ0n) is 11.1. The number of pyridine rings is 1. The molecular weight excluding hydrogens is 236 g/mol. The third-order valence-corrected chi connectivity index (χ3v) is 2.98. The van der Waals surface area contributed by atoms with E-state index in [4.69, 9.17) is 0 Å². The molecule has 1 aromatic heterocycles. The Morgan fingerprint density at radius 3 is 2.89 bits per heavy atom. The van der Waals surface area contributed by atoms with Gasteiger partial charge in [0.15, 0.2) is 0 Å². The van der Waals surface area contributed by atoms with Crippen LogP contribution in [0.4, 0.5) is 5.69 Å². The standard InChI is InChI=1S/C15H18N4/c1-2-17-8-5-9-18-15-12(10-16)11-19-14-7-4-3-6-13(14)15/h3-4,6-7,11,17H,2,5,8-9H2,1H3,(H,18,19). The maximum absolute atomic E-state index is 9.18. The lowest BCUT2D eigenvalue weighted by Gasteiger charge is -2.11. The van der Waals surface area contributed by atoms with Crippen molar-refractivity contribution in [1.29, 1.82) is 5.26 Å². The summed E-state index contributed by atoms with van der Waals surface area (Å²) in [5.41, 5.74) is 2.41. The molecule has 0 aliphatic carbocycles. The van der Waals surface area contributed by atoms with Gasteiger partial charge in [0, 0.05) is 18.1 Å². The van der Waals surface area contributed by atoms with Crippen LogP contribution in [-0.2, 0) is 0 Å². The lowest BCUT2D eigenvalue weighted by Crippen LogP contribution is -2.17. The van der Waals surface area contributed by atoms with E-state index in [9.17, 15) is 5.26 Å². The SMILES string of the molecule is CCNCCCNc1c(C#N)cnc2ccccc12. The molecule has 0 saturated carbocycles. The fourth-order valence-electron chi connectivity index (χ4n) is 2.02. The van der Waals surface area contributed by atoms with Crippen LogP contribution in [-0.4, -0.2) is 24.6 Å². The van der Waals surface area contributed by atoms with Crippen molar-refractivity contribution < 1.29 is 0 Å². The van der Waals surface area contributed by atoms with E-state index in [1.165, 1.54) is 0 Å². The Labute approximate surface area is 113 Å². The summed E-state index contributed by atoms with van der Waals surface area (Å²) in [6, 6.07) is 10.1. The van der Waals surface area contributed by atoms with Crippen molar-refractivity contribution in [2.75, 3.05) is 25.0 Å². The monoisotopic (exact) mass is 254 g/mol. The van der Waals surface area contributed by atoms with Gasteiger partial charge in [0.2, 0.25) is 0 Å². The lowest BCUT2D eigenvalue weighted by atomic mass is 10.1. The Kier molecular flexibility index (Phi) is 4.71. The van der Waals surface area contributed by atoms with Crippen molar-refractivity contribution in [2.45, 2.75) is 13.3 Å². The van der Waals surface area contributed by atoms with Gasteiger partial charge >= 0.3 is 0 Å². The van der Waals surface area contributed by atoms with Crippen LogP contribution >= 0.6 is 0 Å². The Bertz CT molecular complexity index is 586. The first-order chi connectivity index (χ1) is 9.36. The second kappa shape index (κ2) is 6.72. The smallest absolute Gasteiger partial charge is 0.103 e. The molecule has 1 heterocycles. The number of fused-ring (bicyclic) bond motifs is 1. The minimum absolute atomic E-state index is 0.599. The number of benzene rings is 1. The molecule has 2 N–H and O–H groups in total. The molecule has 19 heavy (non-hydrogen) atoms. The van der Waals surface area contributed by atoms with Gasteiger partial charge in [-0.1, -0.05) is 25.1 Å². The van der Waals surface area contributed by atoms with Gasteiger partial charge in [-0.25, -0.2) is 0 Å². The number of nitrogens with one attached hydrogen (secondary N) is 2. The Balaban J connectivity index is 2.17. The van der Waals surface area contributed by atoms with Crippen LogP contribution in [0.3, 0.4) is 0 Å². The fourth-order valence-corrected chi connectivity index (χ4v) is 2.02. The van der Waals surface area contributed by atoms with E-state index in [1.807, 2.05) is 24.3 Å². The number of aromatic nitrogens is 1. The maximum Gasteiger partial charge on any atom is 0.103 e. The first-order valence-corrected chi connectivity index (χ1v) is 6.59. The molecule has 4 nitrogen and oxygen atoms in total. The second-order valence-corrected chi connectivity index (χ2v) is 4.31. The predicted molar refractivity (Wildman–Crippen MR) is 78.1 cm³/mol. The summed E-state index contributed by atoms with van der Waals surface area (Å²) in [6.45, 7) is 4.91. The third-order valence-electron chi connectivity index (χ3n) is 2.98. The number of nitriles is 1. The molecule has 0 saturated heterocycles. The van der Waals surface area contributed by atoms with Gasteiger partial charge in [0.1, 0.15) is 6.07 Å². The van der Waals surface area contributed by atoms with Gasteiger partial charge in [0.05, 0.1) is 16.8 Å². The van der Waals surface area contributed by atoms with Crippen LogP contribution in [0.2, 0.25) is 0 Å². The molecule has 0 fully saturated rings. The molecule has 4 heteroatoms. The van der Waals surface area contributed by atoms with E-state index in [-0.39, 0.29) is 0 Å². The summed E-state index contributed by atoms with van der Waals surface area (Å²) in [5.74, 6) is 0. The van der Waals surface area contributed by atoms with Gasteiger partial charge < -0.3 is 10.6 Å². The summed E-state index contributed by atoms with van der Waals surface area (Å²) in [5, 5.41) is 16.8. The molecule has 0 aliphatic heterocycles. The number of hydrogen-bond acceptors (Lipinski definition) is 4. The topological polar surface area (TPSA) is 60.7 Å². The lowest BCUT2D eigenvalue weighted by molar-refractivity contribution is 0.689. The summed E-state index contributed by atoms with van der Waals surface area (Å²) in [6.07, 6.45) is 2.66. The molecule has 0 bridgehead atoms. The van der Waals surface area contributed by atoms with Crippen LogP contribution in [0.5, 0.6) is 0 Å². The number of rotatable bonds is 6. The number of hydrogen-bond donors (Lipinski definition) is 2. The van der Waals surface area contributed by atoms with Gasteiger partial charge in [-0.15, -0.1) is 0 Å². The van der Waals surface area contributed by atoms with E-state index in [2.05, 4.69) is 28.6 Å². The Morgan fingerprint density at radius 1 is 1.26 bits per heavy atom. The highest BCUT2D eigenvalue weighted by Crippen LogP contribution is 2.25. The van der Waals surface area contributed by atoms with Gasteiger partial charge in [-0.3, -0.25) is 4.98 Å². The van der Waals surface area contributed by atoms with Crippen molar-refractivity contribution >= 4 is 16.6 Å². The molecule has 2 aromatic rings. The molecule has 98 valence electrons. The van der Waals surface area contributed by atoms with Crippen molar-refractivity contribution in [3.05, 3.63) is 36.0 Å². The van der Waals surface area contributed by atoms with Crippen molar-refractivity contribution in [3.8, 4) is 6.07 Å². The first kappa shape index (κ1) is 13.3. The Hall–Kier alpha value is -2.12. The second-order valence-electron chi connectivity index (χ2n) is 4.31. The van der Waals surface area contributed by atoms with Gasteiger partial charge in [0.25, 0.3) is 0 Å². The van der Waals surface area contributed by atoms with Crippen LogP contribution in [0.15, 0.2) is 30.5 Å². The van der Waals surface area contributed by atoms with E-state index < -0.39 is 0 Å². The van der Waals surface area contributed by atoms with Gasteiger partial charge in [-0.05, 0) is 25.6 Å². The summed E-state index contributed by atoms with van der Waals surface area (Å²) in [4.78, 5) is 4.30. The molecule has 0 unspecified atom stereocenters. The average Bonchev–Trinajstić information content (AvgIpc) is 2.47. The van der Waals surface area contributed by atoms with Gasteiger partial charge in [-0.2, -0.15) is 5.26 Å². The zero-order chi connectivity index (χ0) is 13.5. The quantitative estimate of drug-likeness (QED) is 0.778. The molecule has 1 aromatic carbocycles. The fraction of sp³-hybridized carbons (Fsp3) is 0.333. The molecule has 0 spiro atoms. The van der Waals surface area contributed by atoms with Crippen molar-refractivity contribution in [1.82, 2.24) is 10.3 Å². The van der Waals surface area contributed by atoms with Crippen LogP contribution in [0, 0.1) is 11.3 Å². The molecular formula is C15H18N4. The van der Waals surface area contributed by atoms with Crippen molar-refractivity contribution in [2.24, 2.45) is 0 Å². The minimum Gasteiger partial charge on any atom is -0.383 e. The third kappa shape index (κ3) is 3.21. The highest BCUT2D eigenvalue weighted by atomic mass is 14.9. The van der Waals surface area contributed by atoms with E-state index in [0.29, 0.717) is 5.56 Å². The highest BCUT2D eigenvalue weighted by Gasteiger charge is 2.07. The molecule has 2 rings (SSSR count). The molecule has 0 aliphatic rings. The molecule has 0 atom stereocenters. The molecule has 0 radical (unpaired) electrons. The van der Waals surface area contributed by atoms with Crippen LogP contribution < -0.4 is 10.6 Å². The largest absolute Gasteiger partial charge is 0.383 e. The van der Waals surface area contributed by atoms with Crippen LogP contribution in [0.25, 0.3) is 10.9 Å². The summed E-state index contributed by atoms with van der Waals surface area (Å²) in [7, 11) is 0. The average molecular weight is 254 g/mol. The van der Waals surface area contributed by atoms with Crippen LogP contribution in [0.1, 0.15) is 18.9 Å². The number of para-hydroxylation sites is 1. The van der Waals surface area contributed by atoms with E-state index in [1.54, 1.807) is 6.20 Å². The zero-order valence-corrected chi connectivity index (χ0v) is 11.1. The number of nitrogens with zero attached hydrogens (tertiary/aromatic N) is 2. The number of anilines is 1. The van der Waals surface area contributed by atoms with E-state index in [0.717, 1.165) is 42.6 Å². The highest BCUT2D eigenvalue weighted by molar-refractivity contribution is 5.93. The first-order valence-electron chi connectivity index (χ1n) is 6.59. The molecule has 0 amide bonds. The maximum atomic E-state index is 9.18. The summed E-state index contributed by atoms with van der Waals surface area (Å²) < 4.78 is 0. The Morgan fingerprint density at radius 2 is 2.11 bits per heavy atom. The van der Waals surface area contributed by atoms with E-state index >= 15 is 0 Å². The predicted octanol–water partition coefficient (Wildman–Crippen LogP) is 2.52. The van der Waals surface area contributed by atoms with Crippen molar-refractivity contribution in [3.63, 3.8) is 0 Å². The minimum atomic E-state index is 0.599. The summed E-state index contributed by atoms with van der Waals surface area (Å²) >= 11 is 0. The normalized spacial score (nSPS) is 10.3.